The topological polar surface area (TPSA) is 0 Å². The Hall–Kier alpha value is 0.480. The molecule has 0 aromatic carbocycles. The molecule has 0 nitrogen and oxygen atoms in total. The molecule has 0 aromatic heterocycles. The first-order valence-electron chi connectivity index (χ1n) is 6.89. The lowest BCUT2D eigenvalue weighted by Crippen LogP contribution is -2.27. The molecule has 0 radical (unpaired) electrons. The Bertz CT molecular complexity index is 153. The Morgan fingerprint density at radius 3 is 2.00 bits per heavy atom. The number of halogens is 1. The summed E-state index contributed by atoms with van der Waals surface area (Å²) in [4.78, 5) is 0. The Morgan fingerprint density at radius 1 is 1.00 bits per heavy atom. The molecule has 15 heavy (non-hydrogen) atoms. The summed E-state index contributed by atoms with van der Waals surface area (Å²) in [5.41, 5.74) is 0. The van der Waals surface area contributed by atoms with Crippen LogP contribution < -0.4 is 0 Å². The van der Waals surface area contributed by atoms with E-state index in [0.717, 1.165) is 5.92 Å². The first-order valence-corrected chi connectivity index (χ1v) is 7.68. The average molecular weight is 275 g/mol. The highest BCUT2D eigenvalue weighted by Gasteiger charge is 2.31. The second-order valence-corrected chi connectivity index (χ2v) is 7.04. The van der Waals surface area contributed by atoms with Crippen LogP contribution in [0.15, 0.2) is 0 Å². The van der Waals surface area contributed by atoms with Crippen LogP contribution in [0.3, 0.4) is 0 Å². The van der Waals surface area contributed by atoms with Gasteiger partial charge in [0.25, 0.3) is 0 Å². The summed E-state index contributed by atoms with van der Waals surface area (Å²) < 4.78 is 0.514. The Morgan fingerprint density at radius 2 is 1.53 bits per heavy atom. The second kappa shape index (κ2) is 6.93. The van der Waals surface area contributed by atoms with Crippen molar-refractivity contribution >= 4 is 15.9 Å². The van der Waals surface area contributed by atoms with Gasteiger partial charge in [0, 0.05) is 4.32 Å². The van der Waals surface area contributed by atoms with Gasteiger partial charge in [-0.3, -0.25) is 0 Å². The molecule has 0 atom stereocenters. The zero-order valence-corrected chi connectivity index (χ0v) is 12.1. The number of alkyl halides is 1. The third-order valence-electron chi connectivity index (χ3n) is 3.80. The fourth-order valence-corrected chi connectivity index (χ4v) is 4.09. The highest BCUT2D eigenvalue weighted by molar-refractivity contribution is 9.10. The van der Waals surface area contributed by atoms with Crippen molar-refractivity contribution < 1.29 is 0 Å². The molecular formula is C14H27Br. The predicted molar refractivity (Wildman–Crippen MR) is 72.7 cm³/mol. The molecule has 0 spiro atoms. The highest BCUT2D eigenvalue weighted by Crippen LogP contribution is 2.42. The zero-order valence-electron chi connectivity index (χ0n) is 10.5. The minimum absolute atomic E-state index is 0.514. The molecule has 1 rings (SSSR count). The van der Waals surface area contributed by atoms with Gasteiger partial charge in [-0.25, -0.2) is 0 Å². The Labute approximate surface area is 104 Å². The summed E-state index contributed by atoms with van der Waals surface area (Å²) in [5.74, 6) is 0.970. The van der Waals surface area contributed by atoms with E-state index >= 15 is 0 Å². The lowest BCUT2D eigenvalue weighted by molar-refractivity contribution is 0.303. The first-order chi connectivity index (χ1) is 7.20. The van der Waals surface area contributed by atoms with E-state index in [1.165, 1.54) is 64.2 Å². The van der Waals surface area contributed by atoms with Crippen molar-refractivity contribution in [2.24, 2.45) is 5.92 Å². The van der Waals surface area contributed by atoms with Crippen LogP contribution in [0.4, 0.5) is 0 Å². The molecule has 0 unspecified atom stereocenters. The van der Waals surface area contributed by atoms with Crippen LogP contribution in [0, 0.1) is 5.92 Å². The maximum Gasteiger partial charge on any atom is 0.0260 e. The monoisotopic (exact) mass is 274 g/mol. The minimum Gasteiger partial charge on any atom is -0.0853 e. The van der Waals surface area contributed by atoms with Crippen LogP contribution in [0.1, 0.15) is 78.1 Å². The summed E-state index contributed by atoms with van der Waals surface area (Å²) in [5, 5.41) is 0. The molecule has 1 aliphatic rings. The SMILES string of the molecule is CCCC(CCC)CC1(Br)CCCCC1. The molecule has 1 fully saturated rings. The first kappa shape index (κ1) is 13.5. The predicted octanol–water partition coefficient (Wildman–Crippen LogP) is 5.69. The number of hydrogen-bond acceptors (Lipinski definition) is 0. The fraction of sp³-hybridized carbons (Fsp3) is 1.00. The second-order valence-electron chi connectivity index (χ2n) is 5.36. The van der Waals surface area contributed by atoms with E-state index in [2.05, 4.69) is 29.8 Å². The average Bonchev–Trinajstić information content (AvgIpc) is 2.19. The fourth-order valence-electron chi connectivity index (χ4n) is 3.07. The van der Waals surface area contributed by atoms with E-state index in [9.17, 15) is 0 Å². The van der Waals surface area contributed by atoms with Crippen molar-refractivity contribution in [1.82, 2.24) is 0 Å². The van der Waals surface area contributed by atoms with Gasteiger partial charge < -0.3 is 0 Å². The van der Waals surface area contributed by atoms with Crippen LogP contribution in [0.5, 0.6) is 0 Å². The molecule has 90 valence electrons. The number of rotatable bonds is 6. The van der Waals surface area contributed by atoms with Gasteiger partial charge >= 0.3 is 0 Å². The van der Waals surface area contributed by atoms with E-state index in [1.54, 1.807) is 0 Å². The summed E-state index contributed by atoms with van der Waals surface area (Å²) >= 11 is 4.04. The van der Waals surface area contributed by atoms with Gasteiger partial charge in [0.1, 0.15) is 0 Å². The lowest BCUT2D eigenvalue weighted by Gasteiger charge is -2.35. The third kappa shape index (κ3) is 4.89. The Kier molecular flexibility index (Phi) is 6.26. The van der Waals surface area contributed by atoms with Crippen molar-refractivity contribution in [3.05, 3.63) is 0 Å². The molecule has 0 aliphatic heterocycles. The molecule has 1 saturated carbocycles. The van der Waals surface area contributed by atoms with Crippen molar-refractivity contribution in [1.29, 1.82) is 0 Å². The van der Waals surface area contributed by atoms with E-state index < -0.39 is 0 Å². The van der Waals surface area contributed by atoms with Gasteiger partial charge in [0.15, 0.2) is 0 Å². The smallest absolute Gasteiger partial charge is 0.0260 e. The van der Waals surface area contributed by atoms with Crippen molar-refractivity contribution in [2.75, 3.05) is 0 Å². The molecular weight excluding hydrogens is 248 g/mol. The summed E-state index contributed by atoms with van der Waals surface area (Å²) in [6, 6.07) is 0. The van der Waals surface area contributed by atoms with Crippen LogP contribution >= 0.6 is 15.9 Å². The van der Waals surface area contributed by atoms with Gasteiger partial charge in [-0.1, -0.05) is 74.7 Å². The largest absolute Gasteiger partial charge is 0.0853 e. The molecule has 1 heteroatoms. The summed E-state index contributed by atoms with van der Waals surface area (Å²) in [7, 11) is 0. The van der Waals surface area contributed by atoms with E-state index in [4.69, 9.17) is 0 Å². The third-order valence-corrected chi connectivity index (χ3v) is 4.91. The quantitative estimate of drug-likeness (QED) is 0.546. The van der Waals surface area contributed by atoms with Crippen molar-refractivity contribution in [2.45, 2.75) is 82.4 Å². The van der Waals surface area contributed by atoms with Gasteiger partial charge in [0.2, 0.25) is 0 Å². The van der Waals surface area contributed by atoms with Gasteiger partial charge in [-0.2, -0.15) is 0 Å². The van der Waals surface area contributed by atoms with Gasteiger partial charge in [-0.15, -0.1) is 0 Å². The standard InChI is InChI=1S/C14H27Br/c1-3-8-13(9-4-2)12-14(15)10-6-5-7-11-14/h13H,3-12H2,1-2H3. The van der Waals surface area contributed by atoms with Gasteiger partial charge in [0.05, 0.1) is 0 Å². The normalized spacial score (nSPS) is 20.8. The van der Waals surface area contributed by atoms with Crippen LogP contribution in [0.2, 0.25) is 0 Å². The Balaban J connectivity index is 2.39. The molecule has 0 amide bonds. The maximum absolute atomic E-state index is 4.04. The number of hydrogen-bond donors (Lipinski definition) is 0. The van der Waals surface area contributed by atoms with Gasteiger partial charge in [-0.05, 0) is 25.2 Å². The maximum atomic E-state index is 4.04. The van der Waals surface area contributed by atoms with E-state index in [0.29, 0.717) is 4.32 Å². The molecule has 0 heterocycles. The van der Waals surface area contributed by atoms with Crippen LogP contribution in [-0.2, 0) is 0 Å². The van der Waals surface area contributed by atoms with E-state index in [1.807, 2.05) is 0 Å². The molecule has 0 bridgehead atoms. The molecule has 1 aliphatic carbocycles. The lowest BCUT2D eigenvalue weighted by atomic mass is 9.80. The van der Waals surface area contributed by atoms with Crippen LogP contribution in [0.25, 0.3) is 0 Å². The molecule has 0 aromatic rings. The molecule has 0 N–H and O–H groups in total. The summed E-state index contributed by atoms with van der Waals surface area (Å²) in [6.07, 6.45) is 14.2. The zero-order chi connectivity index (χ0) is 11.1. The van der Waals surface area contributed by atoms with Crippen molar-refractivity contribution in [3.8, 4) is 0 Å². The van der Waals surface area contributed by atoms with Crippen molar-refractivity contribution in [3.63, 3.8) is 0 Å². The summed E-state index contributed by atoms with van der Waals surface area (Å²) in [6.45, 7) is 4.65. The molecule has 0 saturated heterocycles. The highest BCUT2D eigenvalue weighted by atomic mass is 79.9. The minimum atomic E-state index is 0.514. The van der Waals surface area contributed by atoms with Crippen LogP contribution in [-0.4, -0.2) is 4.32 Å². The van der Waals surface area contributed by atoms with E-state index in [-0.39, 0.29) is 0 Å².